The van der Waals surface area contributed by atoms with Crippen LogP contribution < -0.4 is 15.1 Å². The van der Waals surface area contributed by atoms with Gasteiger partial charge in [0.05, 0.1) is 19.4 Å². The smallest absolute Gasteiger partial charge is 0.212 e. The third-order valence-electron chi connectivity index (χ3n) is 5.83. The van der Waals surface area contributed by atoms with Crippen LogP contribution in [0, 0.1) is 0 Å². The predicted molar refractivity (Wildman–Crippen MR) is 129 cm³/mol. The molecule has 2 aliphatic heterocycles. The van der Waals surface area contributed by atoms with Crippen LogP contribution in [0.1, 0.15) is 37.8 Å². The van der Waals surface area contributed by atoms with Crippen molar-refractivity contribution in [1.29, 1.82) is 0 Å². The number of allylic oxidation sites excluding steroid dienone is 1. The van der Waals surface area contributed by atoms with Crippen LogP contribution >= 0.6 is 0 Å². The van der Waals surface area contributed by atoms with Gasteiger partial charge in [0.1, 0.15) is 12.0 Å². The van der Waals surface area contributed by atoms with Crippen LogP contribution in [0.3, 0.4) is 0 Å². The number of anilines is 2. The lowest BCUT2D eigenvalue weighted by molar-refractivity contribution is -0.104. The Hall–Kier alpha value is -3.09. The number of carbonyl (C=O) groups excluding carboxylic acids is 1. The predicted octanol–water partition coefficient (Wildman–Crippen LogP) is 5.18. The van der Waals surface area contributed by atoms with Crippen molar-refractivity contribution < 1.29 is 19.1 Å². The molecule has 2 aromatic carbocycles. The van der Waals surface area contributed by atoms with E-state index >= 15 is 0 Å². The van der Waals surface area contributed by atoms with Gasteiger partial charge < -0.3 is 14.4 Å². The molecule has 6 heteroatoms. The van der Waals surface area contributed by atoms with Gasteiger partial charge in [0.2, 0.25) is 5.72 Å². The summed E-state index contributed by atoms with van der Waals surface area (Å²) >= 11 is 0. The first kappa shape index (κ1) is 23.6. The fourth-order valence-corrected chi connectivity index (χ4v) is 4.41. The zero-order chi connectivity index (χ0) is 23.3. The second kappa shape index (κ2) is 10.0. The molecule has 0 fully saturated rings. The molecule has 170 valence electrons. The first-order valence-electron chi connectivity index (χ1n) is 10.7. The molecule has 4 rings (SSSR count). The van der Waals surface area contributed by atoms with Gasteiger partial charge in [0.25, 0.3) is 0 Å². The third kappa shape index (κ3) is 4.29. The number of aldehydes is 1. The molecule has 0 amide bonds. The van der Waals surface area contributed by atoms with Crippen molar-refractivity contribution in [2.24, 2.45) is 0 Å². The second-order valence-electron chi connectivity index (χ2n) is 8.07. The maximum atomic E-state index is 9.41. The van der Waals surface area contributed by atoms with E-state index in [1.54, 1.807) is 21.1 Å². The summed E-state index contributed by atoms with van der Waals surface area (Å²) in [5.74, 6) is 1.08. The highest BCUT2D eigenvalue weighted by Crippen LogP contribution is 2.54. The van der Waals surface area contributed by atoms with Crippen molar-refractivity contribution in [2.45, 2.75) is 32.4 Å². The number of benzene rings is 2. The molecule has 2 unspecified atom stereocenters. The van der Waals surface area contributed by atoms with E-state index in [2.05, 4.69) is 61.1 Å². The average Bonchev–Trinajstić information content (AvgIpc) is 3.02. The summed E-state index contributed by atoms with van der Waals surface area (Å²) in [7, 11) is 3.35. The number of fused-ring (bicyclic) bond motifs is 2. The molecule has 1 N–H and O–H groups in total. The number of carbonyl (C=O) groups is 1. The quantitative estimate of drug-likeness (QED) is 0.382. The number of rotatable bonds is 6. The second-order valence-corrected chi connectivity index (χ2v) is 8.07. The normalized spacial score (nSPS) is 20.3. The number of nitrogens with one attached hydrogen (secondary N) is 1. The fourth-order valence-electron chi connectivity index (χ4n) is 4.41. The van der Waals surface area contributed by atoms with Crippen molar-refractivity contribution in [3.8, 4) is 5.75 Å². The molecule has 0 bridgehead atoms. The molecule has 0 radical (unpaired) electrons. The largest absolute Gasteiger partial charge is 0.463 e. The van der Waals surface area contributed by atoms with Crippen LogP contribution in [-0.4, -0.2) is 39.4 Å². The Bertz CT molecular complexity index is 1020. The van der Waals surface area contributed by atoms with Gasteiger partial charge in [-0.05, 0) is 60.9 Å². The summed E-state index contributed by atoms with van der Waals surface area (Å²) < 4.78 is 12.2. The summed E-state index contributed by atoms with van der Waals surface area (Å²) in [5, 5.41) is 0. The first-order chi connectivity index (χ1) is 15.4. The summed E-state index contributed by atoms with van der Waals surface area (Å²) in [6.45, 7) is 10.8. The lowest BCUT2D eigenvalue weighted by Crippen LogP contribution is -2.56. The highest BCUT2D eigenvalue weighted by Gasteiger charge is 2.54. The van der Waals surface area contributed by atoms with Gasteiger partial charge >= 0.3 is 0 Å². The van der Waals surface area contributed by atoms with Gasteiger partial charge in [0, 0.05) is 30.8 Å². The highest BCUT2D eigenvalue weighted by atomic mass is 16.6. The van der Waals surface area contributed by atoms with Crippen molar-refractivity contribution >= 4 is 23.7 Å². The van der Waals surface area contributed by atoms with Gasteiger partial charge in [-0.3, -0.25) is 15.1 Å². The highest BCUT2D eigenvalue weighted by molar-refractivity contribution is 5.74. The lowest BCUT2D eigenvalue weighted by Gasteiger charge is -2.46. The standard InChI is InChI=1S/C22H26N2O3.C4H6O/c1-15-13-17-14-18(23-26-4)9-10-21(17)27-22(15)16(2)19-7-5-6-8-20(19)24(22)11-12-25-3;1-4(2)3-5/h5-10,13-14,16,23H,11-12H2,1-4H3;3H,1H2,2H3. The zero-order valence-corrected chi connectivity index (χ0v) is 19.5. The van der Waals surface area contributed by atoms with Crippen LogP contribution in [0.15, 0.2) is 60.2 Å². The lowest BCUT2D eigenvalue weighted by atomic mass is 9.85. The Balaban J connectivity index is 0.000000523. The van der Waals surface area contributed by atoms with Crippen molar-refractivity contribution in [3.63, 3.8) is 0 Å². The maximum absolute atomic E-state index is 9.41. The molecule has 2 aliphatic rings. The van der Waals surface area contributed by atoms with E-state index in [0.29, 0.717) is 12.2 Å². The van der Waals surface area contributed by atoms with Crippen LogP contribution in [0.2, 0.25) is 0 Å². The number of ether oxygens (including phenoxy) is 2. The van der Waals surface area contributed by atoms with E-state index in [4.69, 9.17) is 14.3 Å². The average molecular weight is 437 g/mol. The molecule has 0 aliphatic carbocycles. The van der Waals surface area contributed by atoms with E-state index in [-0.39, 0.29) is 5.92 Å². The van der Waals surface area contributed by atoms with E-state index in [0.717, 1.165) is 29.8 Å². The fraction of sp³-hybridized carbons (Fsp3) is 0.346. The molecule has 0 saturated carbocycles. The molecular weight excluding hydrogens is 404 g/mol. The molecular formula is C26H32N2O4. The molecule has 0 aromatic heterocycles. The van der Waals surface area contributed by atoms with E-state index in [1.807, 2.05) is 18.2 Å². The number of nitrogens with zero attached hydrogens (tertiary/aromatic N) is 1. The summed E-state index contributed by atoms with van der Waals surface area (Å²) in [6.07, 6.45) is 2.95. The minimum absolute atomic E-state index is 0.201. The molecule has 0 saturated heterocycles. The van der Waals surface area contributed by atoms with Crippen molar-refractivity contribution in [3.05, 3.63) is 71.3 Å². The first-order valence-corrected chi connectivity index (χ1v) is 10.7. The number of methoxy groups -OCH3 is 1. The minimum atomic E-state index is -0.536. The van der Waals surface area contributed by atoms with E-state index in [9.17, 15) is 4.79 Å². The number of hydrogen-bond acceptors (Lipinski definition) is 6. The van der Waals surface area contributed by atoms with Gasteiger partial charge in [0.15, 0.2) is 0 Å². The molecule has 32 heavy (non-hydrogen) atoms. The Labute approximate surface area is 190 Å². The maximum Gasteiger partial charge on any atom is 0.212 e. The molecule has 6 nitrogen and oxygen atoms in total. The van der Waals surface area contributed by atoms with Gasteiger partial charge in [-0.15, -0.1) is 0 Å². The minimum Gasteiger partial charge on any atom is -0.463 e. The summed E-state index contributed by atoms with van der Waals surface area (Å²) in [6, 6.07) is 14.6. The van der Waals surface area contributed by atoms with Crippen molar-refractivity contribution in [1.82, 2.24) is 0 Å². The monoisotopic (exact) mass is 436 g/mol. The Kier molecular flexibility index (Phi) is 7.38. The van der Waals surface area contributed by atoms with Gasteiger partial charge in [-0.1, -0.05) is 31.7 Å². The molecule has 2 heterocycles. The number of para-hydroxylation sites is 1. The SMILES string of the molecule is C=C(C)C=O.COCCN1c2ccccc2C(C)C12Oc1ccc(NOC)cc1C=C2C. The van der Waals surface area contributed by atoms with Crippen LogP contribution in [0.25, 0.3) is 6.08 Å². The number of hydrogen-bond donors (Lipinski definition) is 1. The Morgan fingerprint density at radius 3 is 2.66 bits per heavy atom. The third-order valence-corrected chi connectivity index (χ3v) is 5.83. The zero-order valence-electron chi connectivity index (χ0n) is 19.5. The van der Waals surface area contributed by atoms with Crippen molar-refractivity contribution in [2.75, 3.05) is 37.8 Å². The van der Waals surface area contributed by atoms with Gasteiger partial charge in [-0.2, -0.15) is 0 Å². The molecule has 2 aromatic rings. The van der Waals surface area contributed by atoms with E-state index < -0.39 is 5.72 Å². The molecule has 1 spiro atoms. The Morgan fingerprint density at radius 1 is 1.28 bits per heavy atom. The van der Waals surface area contributed by atoms with E-state index in [1.165, 1.54) is 16.8 Å². The van der Waals surface area contributed by atoms with Gasteiger partial charge in [-0.25, -0.2) is 0 Å². The summed E-state index contributed by atoms with van der Waals surface area (Å²) in [4.78, 5) is 16.8. The van der Waals surface area contributed by atoms with Crippen LogP contribution in [-0.2, 0) is 14.4 Å². The summed E-state index contributed by atoms with van der Waals surface area (Å²) in [5.41, 5.74) is 8.58. The van der Waals surface area contributed by atoms with Crippen LogP contribution in [0.5, 0.6) is 5.75 Å². The Morgan fingerprint density at radius 2 is 2.00 bits per heavy atom. The van der Waals surface area contributed by atoms with Crippen LogP contribution in [0.4, 0.5) is 11.4 Å². The molecule has 2 atom stereocenters. The topological polar surface area (TPSA) is 60.0 Å².